The van der Waals surface area contributed by atoms with Crippen LogP contribution in [0, 0.1) is 11.8 Å². The van der Waals surface area contributed by atoms with E-state index >= 15 is 0 Å². The molecule has 1 amide bonds. The monoisotopic (exact) mass is 726 g/mol. The van der Waals surface area contributed by atoms with Gasteiger partial charge < -0.3 is 25.2 Å². The van der Waals surface area contributed by atoms with Crippen LogP contribution in [0.1, 0.15) is 127 Å². The van der Waals surface area contributed by atoms with Crippen LogP contribution < -0.4 is 15.4 Å². The molecule has 1 aromatic rings. The van der Waals surface area contributed by atoms with Crippen LogP contribution in [-0.4, -0.2) is 45.6 Å². The fourth-order valence-electron chi connectivity index (χ4n) is 8.15. The summed E-state index contributed by atoms with van der Waals surface area (Å²) < 4.78 is 3.58. The zero-order valence-electron chi connectivity index (χ0n) is 32.6. The van der Waals surface area contributed by atoms with Gasteiger partial charge in [0, 0.05) is 47.7 Å². The first-order chi connectivity index (χ1) is 25.3. The third-order valence-corrected chi connectivity index (χ3v) is 12.5. The number of fused-ring (bicyclic) bond motifs is 3. The average molecular weight is 726 g/mol. The van der Waals surface area contributed by atoms with Crippen molar-refractivity contribution in [3.05, 3.63) is 102 Å². The molecule has 0 spiro atoms. The van der Waals surface area contributed by atoms with Crippen molar-refractivity contribution in [1.29, 1.82) is 0 Å². The van der Waals surface area contributed by atoms with Gasteiger partial charge in [-0.25, -0.2) is 0 Å². The summed E-state index contributed by atoms with van der Waals surface area (Å²) in [6.45, 7) is 27.0. The molecule has 52 heavy (non-hydrogen) atoms. The Morgan fingerprint density at radius 2 is 1.71 bits per heavy atom. The van der Waals surface area contributed by atoms with Crippen LogP contribution in [0.3, 0.4) is 0 Å². The lowest BCUT2D eigenvalue weighted by Gasteiger charge is -2.34. The second-order valence-corrected chi connectivity index (χ2v) is 16.6. The summed E-state index contributed by atoms with van der Waals surface area (Å²) in [6, 6.07) is 6.32. The van der Waals surface area contributed by atoms with Crippen LogP contribution in [0.5, 0.6) is 0 Å². The van der Waals surface area contributed by atoms with Gasteiger partial charge in [-0.15, -0.1) is 0 Å². The Bertz CT molecular complexity index is 1480. The molecule has 7 heteroatoms. The molecule has 6 nitrogen and oxygen atoms in total. The molecule has 2 fully saturated rings. The predicted octanol–water partition coefficient (Wildman–Crippen LogP) is 10.1. The molecule has 6 rings (SSSR count). The Morgan fingerprint density at radius 1 is 0.942 bits per heavy atom. The molecule has 284 valence electrons. The smallest absolute Gasteiger partial charge is 0.245 e. The quantitative estimate of drug-likeness (QED) is 0.212. The van der Waals surface area contributed by atoms with Crippen LogP contribution in [0.4, 0.5) is 0 Å². The van der Waals surface area contributed by atoms with Gasteiger partial charge in [-0.2, -0.15) is 0 Å². The molecule has 5 aliphatic rings. The van der Waals surface area contributed by atoms with E-state index in [0.717, 1.165) is 107 Å². The van der Waals surface area contributed by atoms with E-state index < -0.39 is 0 Å². The number of nitrogens with zero attached hydrogens (tertiary/aromatic N) is 2. The number of hydrogen-bond donors (Lipinski definition) is 3. The molecule has 2 unspecified atom stereocenters. The van der Waals surface area contributed by atoms with Gasteiger partial charge in [-0.05, 0) is 111 Å². The molecule has 1 saturated heterocycles. The first-order valence-corrected chi connectivity index (χ1v) is 21.3. The summed E-state index contributed by atoms with van der Waals surface area (Å²) in [6.07, 6.45) is 24.1. The van der Waals surface area contributed by atoms with Gasteiger partial charge >= 0.3 is 0 Å². The van der Waals surface area contributed by atoms with E-state index in [4.69, 9.17) is 0 Å². The van der Waals surface area contributed by atoms with Gasteiger partial charge in [0.15, 0.2) is 0 Å². The number of amides is 1. The Hall–Kier alpha value is -3.32. The van der Waals surface area contributed by atoms with Gasteiger partial charge in [0.1, 0.15) is 6.04 Å². The zero-order chi connectivity index (χ0) is 37.0. The SMILES string of the molecule is C=C1CCCCC/C=C/c2cccc3c2CN(C3)C(=C)C[C@@H]2CC3C(=C)NC(C(=C)NSC4CC4)[C@@H](C)/C=C\CCCCC[C@H](N1)C(=O)N3C2.CC. The molecular weight excluding hydrogens is 659 g/mol. The first-order valence-electron chi connectivity index (χ1n) is 20.4. The van der Waals surface area contributed by atoms with Gasteiger partial charge in [-0.3, -0.25) is 4.79 Å². The van der Waals surface area contributed by atoms with E-state index in [0.29, 0.717) is 17.7 Å². The lowest BCUT2D eigenvalue weighted by molar-refractivity contribution is -0.134. The number of allylic oxidation sites excluding steroid dienone is 4. The van der Waals surface area contributed by atoms with Crippen molar-refractivity contribution in [1.82, 2.24) is 25.2 Å². The van der Waals surface area contributed by atoms with E-state index in [9.17, 15) is 4.79 Å². The standard InChI is InChI=1S/C43H61N5OS.C2H6/c1-30-17-12-8-6-11-15-22-40-43(49)48-27-35(26-41(48)33(4)45-42(30)34(5)46-50-38-23-24-38)25-32(3)47-28-37-21-16-20-36(39(37)29-47)19-14-10-7-9-13-18-31(2)44-40;1-2/h12,14,16-17,19-21,30,35,38,40-42,44-46H,2-11,13,15,18,22-29H2,1H3;1-2H3/b17-12-,19-14+;/t30-,35+,40-,41?,42?;/m0./s1. The number of benzene rings is 1. The number of rotatable bonds is 4. The van der Waals surface area contributed by atoms with E-state index in [-0.39, 0.29) is 30.0 Å². The molecule has 0 aromatic heterocycles. The highest BCUT2D eigenvalue weighted by Crippen LogP contribution is 2.37. The highest BCUT2D eigenvalue weighted by molar-refractivity contribution is 7.98. The zero-order valence-corrected chi connectivity index (χ0v) is 33.4. The number of carbonyl (C=O) groups excluding carboxylic acids is 1. The topological polar surface area (TPSA) is 59.6 Å². The molecular formula is C45H67N5OS. The third-order valence-electron chi connectivity index (χ3n) is 11.3. The molecule has 5 atom stereocenters. The minimum atomic E-state index is -0.276. The lowest BCUT2D eigenvalue weighted by atomic mass is 9.95. The molecule has 3 N–H and O–H groups in total. The summed E-state index contributed by atoms with van der Waals surface area (Å²) >= 11 is 1.80. The van der Waals surface area contributed by atoms with Crippen molar-refractivity contribution >= 4 is 23.9 Å². The number of hydrogen-bond acceptors (Lipinski definition) is 6. The van der Waals surface area contributed by atoms with Crippen LogP contribution >= 0.6 is 11.9 Å². The Morgan fingerprint density at radius 3 is 2.50 bits per heavy atom. The summed E-state index contributed by atoms with van der Waals surface area (Å²) in [4.78, 5) is 19.3. The highest BCUT2D eigenvalue weighted by atomic mass is 32.2. The van der Waals surface area contributed by atoms with Gasteiger partial charge in [0.2, 0.25) is 5.91 Å². The molecule has 1 aromatic carbocycles. The second kappa shape index (κ2) is 19.7. The molecule has 4 aliphatic heterocycles. The molecule has 1 aliphatic carbocycles. The van der Waals surface area contributed by atoms with Crippen molar-refractivity contribution in [2.75, 3.05) is 6.54 Å². The van der Waals surface area contributed by atoms with Crippen LogP contribution in [0.15, 0.2) is 85.5 Å². The van der Waals surface area contributed by atoms with Gasteiger partial charge in [0.25, 0.3) is 0 Å². The molecule has 5 bridgehead atoms. The molecule has 4 heterocycles. The third kappa shape index (κ3) is 10.9. The summed E-state index contributed by atoms with van der Waals surface area (Å²) in [7, 11) is 0. The van der Waals surface area contributed by atoms with Crippen molar-refractivity contribution in [3.8, 4) is 0 Å². The Labute approximate surface area is 320 Å². The fraction of sp³-hybridized carbons (Fsp3) is 0.578. The van der Waals surface area contributed by atoms with Crippen LogP contribution in [0.2, 0.25) is 0 Å². The fourth-order valence-corrected chi connectivity index (χ4v) is 8.96. The Balaban J connectivity index is 0.00000257. The maximum atomic E-state index is 14.7. The van der Waals surface area contributed by atoms with E-state index in [1.165, 1.54) is 35.2 Å². The summed E-state index contributed by atoms with van der Waals surface area (Å²) in [5.74, 6) is 0.709. The van der Waals surface area contributed by atoms with Crippen LogP contribution in [-0.2, 0) is 17.9 Å². The van der Waals surface area contributed by atoms with E-state index in [1.807, 2.05) is 13.8 Å². The van der Waals surface area contributed by atoms with E-state index in [2.05, 4.69) is 101 Å². The molecule has 0 radical (unpaired) electrons. The largest absolute Gasteiger partial charge is 0.378 e. The minimum absolute atomic E-state index is 0.0243. The maximum absolute atomic E-state index is 14.7. The number of carbonyl (C=O) groups is 1. The van der Waals surface area contributed by atoms with Gasteiger partial charge in [-0.1, -0.05) is 109 Å². The summed E-state index contributed by atoms with van der Waals surface area (Å²) in [5, 5.41) is 8.16. The lowest BCUT2D eigenvalue weighted by Crippen LogP contribution is -2.51. The molecule has 1 saturated carbocycles. The van der Waals surface area contributed by atoms with Crippen LogP contribution in [0.25, 0.3) is 6.08 Å². The maximum Gasteiger partial charge on any atom is 0.245 e. The highest BCUT2D eigenvalue weighted by Gasteiger charge is 2.41. The Kier molecular flexibility index (Phi) is 15.1. The normalized spacial score (nSPS) is 29.1. The average Bonchev–Trinajstić information content (AvgIpc) is 3.71. The summed E-state index contributed by atoms with van der Waals surface area (Å²) in [5.41, 5.74) is 8.21. The van der Waals surface area contributed by atoms with E-state index in [1.54, 1.807) is 11.9 Å². The van der Waals surface area contributed by atoms with Crippen molar-refractivity contribution < 1.29 is 4.79 Å². The van der Waals surface area contributed by atoms with Crippen molar-refractivity contribution in [3.63, 3.8) is 0 Å². The van der Waals surface area contributed by atoms with Gasteiger partial charge in [0.05, 0.1) is 12.1 Å². The second-order valence-electron chi connectivity index (χ2n) is 15.5. The van der Waals surface area contributed by atoms with Crippen molar-refractivity contribution in [2.45, 2.75) is 147 Å². The predicted molar refractivity (Wildman–Crippen MR) is 223 cm³/mol. The number of nitrogens with one attached hydrogen (secondary N) is 3. The first kappa shape index (κ1) is 39.9. The van der Waals surface area contributed by atoms with Crippen molar-refractivity contribution in [2.24, 2.45) is 11.8 Å². The minimum Gasteiger partial charge on any atom is -0.378 e.